The quantitative estimate of drug-likeness (QED) is 0.870. The van der Waals surface area contributed by atoms with Crippen LogP contribution < -0.4 is 10.1 Å². The fourth-order valence-electron chi connectivity index (χ4n) is 3.19. The second-order valence-electron chi connectivity index (χ2n) is 6.47. The van der Waals surface area contributed by atoms with Crippen LogP contribution in [0, 0.1) is 0 Å². The molecule has 1 aliphatic heterocycles. The summed E-state index contributed by atoms with van der Waals surface area (Å²) in [7, 11) is 1.61. The van der Waals surface area contributed by atoms with E-state index in [0.29, 0.717) is 0 Å². The molecule has 1 fully saturated rings. The van der Waals surface area contributed by atoms with Crippen LogP contribution in [-0.2, 0) is 16.0 Å². The topological polar surface area (TPSA) is 58.6 Å². The Labute approximate surface area is 154 Å². The number of likely N-dealkylation sites (tertiary alicyclic amines) is 1. The smallest absolute Gasteiger partial charge is 0.249 e. The minimum absolute atomic E-state index is 0.0308. The first-order valence-electron chi connectivity index (χ1n) is 8.93. The van der Waals surface area contributed by atoms with Crippen LogP contribution >= 0.6 is 0 Å². The Balaban J connectivity index is 1.71. The second-order valence-corrected chi connectivity index (χ2v) is 6.47. The standard InChI is InChI=1S/C21H24N2O3/c1-26-18-11-9-16(10-12-18)15-19(24)22-20(17-7-3-2-4-8-17)21(25)23-13-5-6-14-23/h2-4,7-12,20H,5-6,13-15H2,1H3,(H,22,24)/t20-/m0/s1. The van der Waals surface area contributed by atoms with Crippen LogP contribution in [0.1, 0.15) is 30.0 Å². The van der Waals surface area contributed by atoms with E-state index in [2.05, 4.69) is 5.32 Å². The number of nitrogens with one attached hydrogen (secondary N) is 1. The summed E-state index contributed by atoms with van der Waals surface area (Å²) in [5.74, 6) is 0.550. The van der Waals surface area contributed by atoms with E-state index >= 15 is 0 Å². The van der Waals surface area contributed by atoms with E-state index in [4.69, 9.17) is 4.74 Å². The summed E-state index contributed by atoms with van der Waals surface area (Å²) in [4.78, 5) is 27.3. The SMILES string of the molecule is COc1ccc(CC(=O)N[C@H](C(=O)N2CCCC2)c2ccccc2)cc1. The molecule has 1 N–H and O–H groups in total. The number of ether oxygens (including phenoxy) is 1. The monoisotopic (exact) mass is 352 g/mol. The summed E-state index contributed by atoms with van der Waals surface area (Å²) in [6.07, 6.45) is 2.26. The molecule has 0 bridgehead atoms. The number of benzene rings is 2. The number of amides is 2. The van der Waals surface area contributed by atoms with Gasteiger partial charge in [-0.05, 0) is 36.1 Å². The second kappa shape index (κ2) is 8.52. The lowest BCUT2D eigenvalue weighted by Gasteiger charge is -2.24. The number of nitrogens with zero attached hydrogens (tertiary/aromatic N) is 1. The number of hydrogen-bond acceptors (Lipinski definition) is 3. The summed E-state index contributed by atoms with van der Waals surface area (Å²) in [5, 5.41) is 2.93. The summed E-state index contributed by atoms with van der Waals surface area (Å²) >= 11 is 0. The number of hydrogen-bond donors (Lipinski definition) is 1. The van der Waals surface area contributed by atoms with Gasteiger partial charge < -0.3 is 15.0 Å². The first kappa shape index (κ1) is 18.0. The van der Waals surface area contributed by atoms with E-state index in [1.165, 1.54) is 0 Å². The molecule has 1 atom stereocenters. The maximum Gasteiger partial charge on any atom is 0.249 e. The van der Waals surface area contributed by atoms with Gasteiger partial charge in [0.15, 0.2) is 0 Å². The Morgan fingerprint density at radius 1 is 1.04 bits per heavy atom. The van der Waals surface area contributed by atoms with Gasteiger partial charge in [-0.1, -0.05) is 42.5 Å². The molecule has 0 aromatic heterocycles. The molecule has 0 radical (unpaired) electrons. The van der Waals surface area contributed by atoms with Gasteiger partial charge in [-0.25, -0.2) is 0 Å². The van der Waals surface area contributed by atoms with Gasteiger partial charge >= 0.3 is 0 Å². The molecule has 3 rings (SSSR count). The summed E-state index contributed by atoms with van der Waals surface area (Å²) in [6, 6.07) is 16.2. The predicted molar refractivity (Wildman–Crippen MR) is 99.8 cm³/mol. The third-order valence-corrected chi connectivity index (χ3v) is 4.63. The number of methoxy groups -OCH3 is 1. The lowest BCUT2D eigenvalue weighted by atomic mass is 10.0. The molecule has 5 nitrogen and oxygen atoms in total. The molecule has 0 spiro atoms. The zero-order valence-corrected chi connectivity index (χ0v) is 15.0. The summed E-state index contributed by atoms with van der Waals surface area (Å²) in [5.41, 5.74) is 1.69. The van der Waals surface area contributed by atoms with Gasteiger partial charge in [0.2, 0.25) is 11.8 Å². The molecule has 1 saturated heterocycles. The van der Waals surface area contributed by atoms with Crippen LogP contribution in [-0.4, -0.2) is 36.9 Å². The zero-order valence-electron chi connectivity index (χ0n) is 15.0. The van der Waals surface area contributed by atoms with Crippen molar-refractivity contribution in [2.75, 3.05) is 20.2 Å². The van der Waals surface area contributed by atoms with Gasteiger partial charge in [0.05, 0.1) is 13.5 Å². The largest absolute Gasteiger partial charge is 0.497 e. The van der Waals surface area contributed by atoms with Gasteiger partial charge in [-0.3, -0.25) is 9.59 Å². The maximum atomic E-state index is 12.9. The molecule has 0 saturated carbocycles. The molecule has 0 aliphatic carbocycles. The first-order chi connectivity index (χ1) is 12.7. The number of carbonyl (C=O) groups is 2. The molecular formula is C21H24N2O3. The lowest BCUT2D eigenvalue weighted by molar-refractivity contribution is -0.135. The van der Waals surface area contributed by atoms with Gasteiger partial charge in [0, 0.05) is 13.1 Å². The molecule has 2 aromatic carbocycles. The maximum absolute atomic E-state index is 12.9. The highest BCUT2D eigenvalue weighted by Crippen LogP contribution is 2.20. The number of carbonyl (C=O) groups excluding carboxylic acids is 2. The Morgan fingerprint density at radius 3 is 2.31 bits per heavy atom. The fraction of sp³-hybridized carbons (Fsp3) is 0.333. The molecule has 2 aromatic rings. The van der Waals surface area contributed by atoms with E-state index in [0.717, 1.165) is 42.8 Å². The van der Waals surface area contributed by atoms with Crippen LogP contribution in [0.15, 0.2) is 54.6 Å². The highest BCUT2D eigenvalue weighted by molar-refractivity contribution is 5.89. The highest BCUT2D eigenvalue weighted by Gasteiger charge is 2.28. The molecule has 5 heteroatoms. The molecule has 136 valence electrons. The highest BCUT2D eigenvalue weighted by atomic mass is 16.5. The third kappa shape index (κ3) is 4.42. The molecule has 2 amide bonds. The third-order valence-electron chi connectivity index (χ3n) is 4.63. The van der Waals surface area contributed by atoms with E-state index in [9.17, 15) is 9.59 Å². The normalized spacial score (nSPS) is 14.7. The average molecular weight is 352 g/mol. The van der Waals surface area contributed by atoms with Gasteiger partial charge in [0.25, 0.3) is 0 Å². The van der Waals surface area contributed by atoms with Crippen LogP contribution in [0.4, 0.5) is 0 Å². The van der Waals surface area contributed by atoms with Crippen molar-refractivity contribution in [3.05, 3.63) is 65.7 Å². The zero-order chi connectivity index (χ0) is 18.4. The van der Waals surface area contributed by atoms with Crippen LogP contribution in [0.5, 0.6) is 5.75 Å². The summed E-state index contributed by atoms with van der Waals surface area (Å²) < 4.78 is 5.13. The Morgan fingerprint density at radius 2 is 1.69 bits per heavy atom. The van der Waals surface area contributed by atoms with Crippen LogP contribution in [0.25, 0.3) is 0 Å². The fourth-order valence-corrected chi connectivity index (χ4v) is 3.19. The Bertz CT molecular complexity index is 738. The first-order valence-corrected chi connectivity index (χ1v) is 8.93. The summed E-state index contributed by atoms with van der Waals surface area (Å²) in [6.45, 7) is 1.52. The van der Waals surface area contributed by atoms with E-state index < -0.39 is 6.04 Å². The molecule has 1 heterocycles. The van der Waals surface area contributed by atoms with Crippen molar-refractivity contribution < 1.29 is 14.3 Å². The van der Waals surface area contributed by atoms with Crippen molar-refractivity contribution in [2.24, 2.45) is 0 Å². The molecule has 26 heavy (non-hydrogen) atoms. The van der Waals surface area contributed by atoms with E-state index in [-0.39, 0.29) is 18.2 Å². The van der Waals surface area contributed by atoms with Crippen LogP contribution in [0.3, 0.4) is 0 Å². The van der Waals surface area contributed by atoms with Gasteiger partial charge in [-0.2, -0.15) is 0 Å². The minimum Gasteiger partial charge on any atom is -0.497 e. The van der Waals surface area contributed by atoms with Crippen molar-refractivity contribution in [1.82, 2.24) is 10.2 Å². The van der Waals surface area contributed by atoms with Crippen molar-refractivity contribution in [3.8, 4) is 5.75 Å². The molecule has 1 aliphatic rings. The van der Waals surface area contributed by atoms with Gasteiger partial charge in [0.1, 0.15) is 11.8 Å². The van der Waals surface area contributed by atoms with Crippen molar-refractivity contribution in [3.63, 3.8) is 0 Å². The van der Waals surface area contributed by atoms with Crippen molar-refractivity contribution in [2.45, 2.75) is 25.3 Å². The predicted octanol–water partition coefficient (Wildman–Crippen LogP) is 2.72. The van der Waals surface area contributed by atoms with Gasteiger partial charge in [-0.15, -0.1) is 0 Å². The average Bonchev–Trinajstić information content (AvgIpc) is 3.22. The number of rotatable bonds is 6. The van der Waals surface area contributed by atoms with Crippen molar-refractivity contribution in [1.29, 1.82) is 0 Å². The Hall–Kier alpha value is -2.82. The van der Waals surface area contributed by atoms with E-state index in [1.54, 1.807) is 7.11 Å². The lowest BCUT2D eigenvalue weighted by Crippen LogP contribution is -2.42. The Kier molecular flexibility index (Phi) is 5.89. The minimum atomic E-state index is -0.639. The molecule has 0 unspecified atom stereocenters. The van der Waals surface area contributed by atoms with Crippen molar-refractivity contribution >= 4 is 11.8 Å². The van der Waals surface area contributed by atoms with E-state index in [1.807, 2.05) is 59.5 Å². The van der Waals surface area contributed by atoms with Crippen LogP contribution in [0.2, 0.25) is 0 Å². The molecular weight excluding hydrogens is 328 g/mol.